The summed E-state index contributed by atoms with van der Waals surface area (Å²) < 4.78 is 2.57. The summed E-state index contributed by atoms with van der Waals surface area (Å²) in [6, 6.07) is 9.52. The number of carboxylic acids is 1. The van der Waals surface area contributed by atoms with Crippen molar-refractivity contribution in [2.75, 3.05) is 0 Å². The third-order valence-corrected chi connectivity index (χ3v) is 4.34. The van der Waals surface area contributed by atoms with E-state index in [2.05, 4.69) is 22.0 Å². The molecule has 1 aliphatic carbocycles. The number of carbonyl (C=O) groups is 1. The molecule has 0 bridgehead atoms. The molecule has 1 fully saturated rings. The van der Waals surface area contributed by atoms with Gasteiger partial charge in [0.1, 0.15) is 11.2 Å². The van der Waals surface area contributed by atoms with E-state index in [4.69, 9.17) is 0 Å². The molecule has 4 nitrogen and oxygen atoms in total. The molecular formula is C14H11BrN2O2. The van der Waals surface area contributed by atoms with Gasteiger partial charge in [0.05, 0.1) is 11.6 Å². The molecule has 0 spiro atoms. The Morgan fingerprint density at radius 2 is 2.26 bits per heavy atom. The smallest absolute Gasteiger partial charge is 0.352 e. The second kappa shape index (κ2) is 3.84. The molecule has 2 aromatic rings. The molecule has 3 rings (SSSR count). The molecular weight excluding hydrogens is 308 g/mol. The van der Waals surface area contributed by atoms with Crippen molar-refractivity contribution in [1.29, 1.82) is 5.26 Å². The van der Waals surface area contributed by atoms with Gasteiger partial charge in [-0.2, -0.15) is 5.26 Å². The van der Waals surface area contributed by atoms with Crippen LogP contribution in [0.25, 0.3) is 10.9 Å². The van der Waals surface area contributed by atoms with Gasteiger partial charge in [-0.05, 0) is 36.6 Å². The minimum Gasteiger partial charge on any atom is -0.477 e. The third kappa shape index (κ3) is 1.60. The predicted octanol–water partition coefficient (Wildman–Crippen LogP) is 3.36. The van der Waals surface area contributed by atoms with Crippen molar-refractivity contribution in [3.8, 4) is 6.07 Å². The van der Waals surface area contributed by atoms with E-state index in [1.165, 1.54) is 0 Å². The second-order valence-electron chi connectivity index (χ2n) is 5.01. The molecule has 19 heavy (non-hydrogen) atoms. The number of aromatic nitrogens is 1. The van der Waals surface area contributed by atoms with Crippen molar-refractivity contribution in [2.24, 2.45) is 5.92 Å². The van der Waals surface area contributed by atoms with Crippen LogP contribution in [0.15, 0.2) is 28.7 Å². The van der Waals surface area contributed by atoms with Gasteiger partial charge in [0, 0.05) is 9.86 Å². The Kier molecular flexibility index (Phi) is 2.48. The van der Waals surface area contributed by atoms with Crippen molar-refractivity contribution in [2.45, 2.75) is 18.9 Å². The van der Waals surface area contributed by atoms with Crippen LogP contribution in [-0.4, -0.2) is 15.6 Å². The van der Waals surface area contributed by atoms with E-state index in [-0.39, 0.29) is 11.6 Å². The number of rotatable bonds is 2. The first kappa shape index (κ1) is 12.2. The van der Waals surface area contributed by atoms with Crippen LogP contribution in [0.2, 0.25) is 0 Å². The monoisotopic (exact) mass is 318 g/mol. The number of carboxylic acid groups (broad SMARTS) is 1. The molecule has 1 saturated carbocycles. The van der Waals surface area contributed by atoms with Crippen LogP contribution in [0.4, 0.5) is 0 Å². The summed E-state index contributed by atoms with van der Waals surface area (Å²) in [5, 5.41) is 19.6. The maximum absolute atomic E-state index is 11.4. The molecule has 0 aliphatic heterocycles. The van der Waals surface area contributed by atoms with Crippen molar-refractivity contribution in [1.82, 2.24) is 4.57 Å². The summed E-state index contributed by atoms with van der Waals surface area (Å²) in [6.45, 7) is 1.97. The molecule has 1 heterocycles. The average molecular weight is 319 g/mol. The maximum Gasteiger partial charge on any atom is 0.352 e. The molecule has 0 unspecified atom stereocenters. The summed E-state index contributed by atoms with van der Waals surface area (Å²) in [7, 11) is 0. The second-order valence-corrected chi connectivity index (χ2v) is 5.93. The largest absolute Gasteiger partial charge is 0.477 e. The fourth-order valence-corrected chi connectivity index (χ4v) is 3.08. The number of hydrogen-bond acceptors (Lipinski definition) is 2. The van der Waals surface area contributed by atoms with Gasteiger partial charge in [-0.15, -0.1) is 0 Å². The first-order valence-electron chi connectivity index (χ1n) is 5.95. The minimum atomic E-state index is -0.999. The molecule has 1 aromatic carbocycles. The average Bonchev–Trinajstić information content (AvgIpc) is 2.86. The molecule has 0 saturated heterocycles. The number of nitriles is 1. The van der Waals surface area contributed by atoms with Crippen molar-refractivity contribution in [3.63, 3.8) is 0 Å². The van der Waals surface area contributed by atoms with Gasteiger partial charge in [-0.3, -0.25) is 0 Å². The van der Waals surface area contributed by atoms with Gasteiger partial charge in [0.15, 0.2) is 0 Å². The van der Waals surface area contributed by atoms with Crippen molar-refractivity contribution < 1.29 is 9.90 Å². The van der Waals surface area contributed by atoms with E-state index < -0.39 is 11.5 Å². The molecule has 1 aliphatic rings. The zero-order valence-corrected chi connectivity index (χ0v) is 11.8. The molecule has 96 valence electrons. The van der Waals surface area contributed by atoms with Crippen LogP contribution in [0.3, 0.4) is 0 Å². The van der Waals surface area contributed by atoms with Crippen LogP contribution in [0.1, 0.15) is 23.8 Å². The topological polar surface area (TPSA) is 66.0 Å². The number of hydrogen-bond donors (Lipinski definition) is 1. The van der Waals surface area contributed by atoms with Crippen LogP contribution in [0.5, 0.6) is 0 Å². The summed E-state index contributed by atoms with van der Waals surface area (Å²) in [6.07, 6.45) is 0.698. The van der Waals surface area contributed by atoms with Gasteiger partial charge in [-0.1, -0.05) is 22.9 Å². The Labute approximate surface area is 118 Å². The SMILES string of the molecule is C[C@H]1C[C@]1(C#N)n1c(C(=O)O)cc2cc(Br)ccc21. The molecule has 2 atom stereocenters. The highest BCUT2D eigenvalue weighted by Crippen LogP contribution is 2.52. The zero-order valence-electron chi connectivity index (χ0n) is 10.2. The van der Waals surface area contributed by atoms with Crippen LogP contribution < -0.4 is 0 Å². The number of fused-ring (bicyclic) bond motifs is 1. The molecule has 5 heteroatoms. The standard InChI is InChI=1S/C14H11BrN2O2/c1-8-6-14(8,7-16)17-11-3-2-10(15)4-9(11)5-12(17)13(18)19/h2-5,8H,6H2,1H3,(H,18,19)/t8-,14+/m0/s1. The lowest BCUT2D eigenvalue weighted by molar-refractivity contribution is 0.0683. The van der Waals surface area contributed by atoms with E-state index in [1.54, 1.807) is 10.6 Å². The fourth-order valence-electron chi connectivity index (χ4n) is 2.70. The lowest BCUT2D eigenvalue weighted by Crippen LogP contribution is -2.21. The van der Waals surface area contributed by atoms with Gasteiger partial charge >= 0.3 is 5.97 Å². The van der Waals surface area contributed by atoms with Gasteiger partial charge in [0.25, 0.3) is 0 Å². The van der Waals surface area contributed by atoms with Crippen LogP contribution in [0, 0.1) is 17.2 Å². The van der Waals surface area contributed by atoms with Crippen LogP contribution >= 0.6 is 15.9 Å². The molecule has 0 amide bonds. The Morgan fingerprint density at radius 1 is 1.58 bits per heavy atom. The summed E-state index contributed by atoms with van der Waals surface area (Å²) in [5.74, 6) is -0.823. The highest BCUT2D eigenvalue weighted by molar-refractivity contribution is 9.10. The Balaban J connectivity index is 2.36. The predicted molar refractivity (Wildman–Crippen MR) is 74.0 cm³/mol. The van der Waals surface area contributed by atoms with Crippen molar-refractivity contribution in [3.05, 3.63) is 34.4 Å². The number of aromatic carboxylic acids is 1. The number of benzene rings is 1. The lowest BCUT2D eigenvalue weighted by atomic mass is 10.2. The molecule has 0 radical (unpaired) electrons. The van der Waals surface area contributed by atoms with E-state index in [1.807, 2.05) is 25.1 Å². The summed E-state index contributed by atoms with van der Waals surface area (Å²) in [4.78, 5) is 11.4. The summed E-state index contributed by atoms with van der Waals surface area (Å²) >= 11 is 3.38. The van der Waals surface area contributed by atoms with Crippen LogP contribution in [-0.2, 0) is 5.54 Å². The fraction of sp³-hybridized carbons (Fsp3) is 0.286. The van der Waals surface area contributed by atoms with E-state index in [0.29, 0.717) is 6.42 Å². The lowest BCUT2D eigenvalue weighted by Gasteiger charge is -2.14. The van der Waals surface area contributed by atoms with E-state index in [0.717, 1.165) is 15.4 Å². The number of nitrogens with zero attached hydrogens (tertiary/aromatic N) is 2. The third-order valence-electron chi connectivity index (χ3n) is 3.85. The Hall–Kier alpha value is -1.80. The Bertz CT molecular complexity index is 744. The first-order valence-corrected chi connectivity index (χ1v) is 6.75. The maximum atomic E-state index is 11.4. The summed E-state index contributed by atoms with van der Waals surface area (Å²) in [5.41, 5.74) is 0.272. The molecule has 1 N–H and O–H groups in total. The normalized spacial score (nSPS) is 25.2. The van der Waals surface area contributed by atoms with Gasteiger partial charge < -0.3 is 9.67 Å². The van der Waals surface area contributed by atoms with Crippen molar-refractivity contribution >= 4 is 32.8 Å². The van der Waals surface area contributed by atoms with E-state index >= 15 is 0 Å². The highest BCUT2D eigenvalue weighted by atomic mass is 79.9. The molecule has 1 aromatic heterocycles. The number of halogens is 1. The zero-order chi connectivity index (χ0) is 13.8. The Morgan fingerprint density at radius 3 is 2.79 bits per heavy atom. The quantitative estimate of drug-likeness (QED) is 0.923. The first-order chi connectivity index (χ1) is 8.99. The van der Waals surface area contributed by atoms with E-state index in [9.17, 15) is 15.2 Å². The minimum absolute atomic E-state index is 0.176. The van der Waals surface area contributed by atoms with Gasteiger partial charge in [0.2, 0.25) is 0 Å². The van der Waals surface area contributed by atoms with Gasteiger partial charge in [-0.25, -0.2) is 4.79 Å². The highest BCUT2D eigenvalue weighted by Gasteiger charge is 2.55.